The van der Waals surface area contributed by atoms with Gasteiger partial charge in [-0.1, -0.05) is 0 Å². The van der Waals surface area contributed by atoms with Crippen molar-refractivity contribution in [3.8, 4) is 0 Å². The molecule has 1 unspecified atom stereocenters. The van der Waals surface area contributed by atoms with E-state index in [0.717, 1.165) is 25.9 Å². The van der Waals surface area contributed by atoms with Gasteiger partial charge in [0.25, 0.3) is 0 Å². The van der Waals surface area contributed by atoms with E-state index >= 15 is 0 Å². The van der Waals surface area contributed by atoms with Gasteiger partial charge < -0.3 is 14.5 Å². The van der Waals surface area contributed by atoms with E-state index in [1.54, 1.807) is 17.6 Å². The fraction of sp³-hybridized carbons (Fsp3) is 0.765. The number of amides is 2. The number of piperidine rings is 1. The van der Waals surface area contributed by atoms with Gasteiger partial charge in [-0.25, -0.2) is 14.5 Å². The Hall–Kier alpha value is -2.12. The highest BCUT2D eigenvalue weighted by Gasteiger charge is 2.36. The maximum absolute atomic E-state index is 12.8. The number of likely N-dealkylation sites (tertiary alicyclic amines) is 2. The van der Waals surface area contributed by atoms with Crippen LogP contribution in [0.1, 0.15) is 46.1 Å². The minimum atomic E-state index is -0.511. The molecule has 0 bridgehead atoms. The van der Waals surface area contributed by atoms with Gasteiger partial charge in [-0.15, -0.1) is 0 Å². The first kappa shape index (κ1) is 17.7. The van der Waals surface area contributed by atoms with Crippen molar-refractivity contribution in [2.45, 2.75) is 51.7 Å². The SMILES string of the molecule is CC(C)(C)OC(=O)N1CCC(C(=O)N2CCC(n3cncn3)CC2)C1. The molecule has 3 heterocycles. The third-order valence-corrected chi connectivity index (χ3v) is 4.78. The summed E-state index contributed by atoms with van der Waals surface area (Å²) in [6.07, 6.45) is 5.43. The number of hydrogen-bond acceptors (Lipinski definition) is 5. The Morgan fingerprint density at radius 3 is 2.36 bits per heavy atom. The molecule has 1 aromatic heterocycles. The second kappa shape index (κ2) is 7.01. The summed E-state index contributed by atoms with van der Waals surface area (Å²) in [7, 11) is 0. The molecular weight excluding hydrogens is 322 g/mol. The van der Waals surface area contributed by atoms with Gasteiger partial charge in [0.05, 0.1) is 12.0 Å². The molecule has 0 N–H and O–H groups in total. The van der Waals surface area contributed by atoms with E-state index < -0.39 is 5.60 Å². The molecule has 0 saturated carbocycles. The number of hydrogen-bond donors (Lipinski definition) is 0. The van der Waals surface area contributed by atoms with Crippen LogP contribution in [0.15, 0.2) is 12.7 Å². The van der Waals surface area contributed by atoms with Crippen LogP contribution in [0.25, 0.3) is 0 Å². The summed E-state index contributed by atoms with van der Waals surface area (Å²) in [5.41, 5.74) is -0.511. The summed E-state index contributed by atoms with van der Waals surface area (Å²) in [6.45, 7) is 8.05. The van der Waals surface area contributed by atoms with E-state index in [0.29, 0.717) is 25.6 Å². The summed E-state index contributed by atoms with van der Waals surface area (Å²) in [4.78, 5) is 32.5. The van der Waals surface area contributed by atoms with Crippen LogP contribution in [0.3, 0.4) is 0 Å². The van der Waals surface area contributed by atoms with Crippen LogP contribution in [0.2, 0.25) is 0 Å². The third-order valence-electron chi connectivity index (χ3n) is 4.78. The van der Waals surface area contributed by atoms with E-state index in [4.69, 9.17) is 4.74 Å². The first-order valence-corrected chi connectivity index (χ1v) is 8.94. The minimum Gasteiger partial charge on any atom is -0.444 e. The molecule has 2 fully saturated rings. The highest BCUT2D eigenvalue weighted by molar-refractivity contribution is 5.80. The Kier molecular flexibility index (Phi) is 4.96. The topological polar surface area (TPSA) is 80.6 Å². The summed E-state index contributed by atoms with van der Waals surface area (Å²) >= 11 is 0. The molecule has 8 heteroatoms. The molecule has 2 aliphatic heterocycles. The average Bonchev–Trinajstić information content (AvgIpc) is 3.24. The molecule has 2 amide bonds. The maximum atomic E-state index is 12.8. The largest absolute Gasteiger partial charge is 0.444 e. The Labute approximate surface area is 148 Å². The normalized spacial score (nSPS) is 22.3. The zero-order valence-corrected chi connectivity index (χ0v) is 15.2. The smallest absolute Gasteiger partial charge is 0.410 e. The number of ether oxygens (including phenoxy) is 1. The molecule has 25 heavy (non-hydrogen) atoms. The van der Waals surface area contributed by atoms with Gasteiger partial charge in [0.2, 0.25) is 5.91 Å². The molecule has 0 radical (unpaired) electrons. The van der Waals surface area contributed by atoms with Crippen molar-refractivity contribution in [3.05, 3.63) is 12.7 Å². The zero-order chi connectivity index (χ0) is 18.0. The van der Waals surface area contributed by atoms with E-state index in [1.807, 2.05) is 30.4 Å². The van der Waals surface area contributed by atoms with Crippen LogP contribution >= 0.6 is 0 Å². The third kappa shape index (κ3) is 4.29. The fourth-order valence-corrected chi connectivity index (χ4v) is 3.47. The number of carbonyl (C=O) groups excluding carboxylic acids is 2. The standard InChI is InChI=1S/C17H27N5O3/c1-17(2,3)25-16(24)21-7-4-13(10-21)15(23)20-8-5-14(6-9-20)22-12-18-11-19-22/h11-14H,4-10H2,1-3H3. The van der Waals surface area contributed by atoms with Gasteiger partial charge in [0.1, 0.15) is 18.3 Å². The molecule has 138 valence electrons. The highest BCUT2D eigenvalue weighted by atomic mass is 16.6. The van der Waals surface area contributed by atoms with Gasteiger partial charge in [-0.05, 0) is 40.0 Å². The highest BCUT2D eigenvalue weighted by Crippen LogP contribution is 2.26. The molecule has 2 aliphatic rings. The second-order valence-corrected chi connectivity index (χ2v) is 7.84. The van der Waals surface area contributed by atoms with Crippen molar-refractivity contribution in [1.29, 1.82) is 0 Å². The lowest BCUT2D eigenvalue weighted by molar-refractivity contribution is -0.136. The number of carbonyl (C=O) groups is 2. The van der Waals surface area contributed by atoms with E-state index in [-0.39, 0.29) is 17.9 Å². The molecule has 0 aliphatic carbocycles. The van der Waals surface area contributed by atoms with Crippen LogP contribution in [0.4, 0.5) is 4.79 Å². The summed E-state index contributed by atoms with van der Waals surface area (Å²) < 4.78 is 7.27. The molecule has 0 aromatic carbocycles. The van der Waals surface area contributed by atoms with E-state index in [9.17, 15) is 9.59 Å². The van der Waals surface area contributed by atoms with Crippen LogP contribution in [-0.4, -0.2) is 68.3 Å². The molecule has 0 spiro atoms. The molecule has 1 aromatic rings. The number of aromatic nitrogens is 3. The van der Waals surface area contributed by atoms with Crippen LogP contribution in [0.5, 0.6) is 0 Å². The maximum Gasteiger partial charge on any atom is 0.410 e. The summed E-state index contributed by atoms with van der Waals surface area (Å²) in [5, 5.41) is 4.19. The van der Waals surface area contributed by atoms with Gasteiger partial charge in [-0.3, -0.25) is 4.79 Å². The summed E-state index contributed by atoms with van der Waals surface area (Å²) in [6, 6.07) is 0.313. The quantitative estimate of drug-likeness (QED) is 0.812. The fourth-order valence-electron chi connectivity index (χ4n) is 3.47. The minimum absolute atomic E-state index is 0.115. The second-order valence-electron chi connectivity index (χ2n) is 7.84. The van der Waals surface area contributed by atoms with Gasteiger partial charge in [0.15, 0.2) is 0 Å². The summed E-state index contributed by atoms with van der Waals surface area (Å²) in [5.74, 6) is 0.0403. The van der Waals surface area contributed by atoms with Crippen molar-refractivity contribution in [1.82, 2.24) is 24.6 Å². The lowest BCUT2D eigenvalue weighted by Crippen LogP contribution is -2.43. The van der Waals surface area contributed by atoms with Crippen molar-refractivity contribution in [2.24, 2.45) is 5.92 Å². The Bertz CT molecular complexity index is 602. The lowest BCUT2D eigenvalue weighted by atomic mass is 10.0. The molecule has 1 atom stereocenters. The van der Waals surface area contributed by atoms with Crippen LogP contribution in [0, 0.1) is 5.92 Å². The van der Waals surface area contributed by atoms with Crippen molar-refractivity contribution in [2.75, 3.05) is 26.2 Å². The molecule has 2 saturated heterocycles. The lowest BCUT2D eigenvalue weighted by Gasteiger charge is -2.33. The van der Waals surface area contributed by atoms with Gasteiger partial charge in [0, 0.05) is 26.2 Å². The first-order valence-electron chi connectivity index (χ1n) is 8.94. The Morgan fingerprint density at radius 2 is 1.76 bits per heavy atom. The average molecular weight is 349 g/mol. The number of nitrogens with zero attached hydrogens (tertiary/aromatic N) is 5. The first-order chi connectivity index (χ1) is 11.8. The molecule has 8 nitrogen and oxygen atoms in total. The Balaban J connectivity index is 1.49. The van der Waals surface area contributed by atoms with Gasteiger partial charge >= 0.3 is 6.09 Å². The molecular formula is C17H27N5O3. The predicted octanol–water partition coefficient (Wildman–Crippen LogP) is 1.70. The predicted molar refractivity (Wildman–Crippen MR) is 90.8 cm³/mol. The van der Waals surface area contributed by atoms with Crippen LogP contribution < -0.4 is 0 Å². The Morgan fingerprint density at radius 1 is 1.08 bits per heavy atom. The van der Waals surface area contributed by atoms with Crippen molar-refractivity contribution in [3.63, 3.8) is 0 Å². The molecule has 3 rings (SSSR count). The zero-order valence-electron chi connectivity index (χ0n) is 15.2. The monoisotopic (exact) mass is 349 g/mol. The van der Waals surface area contributed by atoms with E-state index in [1.165, 1.54) is 0 Å². The van der Waals surface area contributed by atoms with Crippen LogP contribution in [-0.2, 0) is 9.53 Å². The number of rotatable bonds is 2. The van der Waals surface area contributed by atoms with Crippen molar-refractivity contribution < 1.29 is 14.3 Å². The van der Waals surface area contributed by atoms with E-state index in [2.05, 4.69) is 10.1 Å². The van der Waals surface area contributed by atoms with Crippen molar-refractivity contribution >= 4 is 12.0 Å². The van der Waals surface area contributed by atoms with Gasteiger partial charge in [-0.2, -0.15) is 5.10 Å².